The number of nitrogens with zero attached hydrogens (tertiary/aromatic N) is 1. The van der Waals surface area contributed by atoms with Crippen LogP contribution in [0.1, 0.15) is 28.7 Å². The van der Waals surface area contributed by atoms with Gasteiger partial charge in [-0.15, -0.1) is 0 Å². The average Bonchev–Trinajstić information content (AvgIpc) is 3.38. The maximum atomic E-state index is 12.3. The minimum absolute atomic E-state index is 0.0312. The fourth-order valence-corrected chi connectivity index (χ4v) is 4.66. The number of aromatic nitrogens is 1. The molecule has 4 aromatic rings. The number of aliphatic hydroxyl groups excluding tert-OH is 2. The van der Waals surface area contributed by atoms with Gasteiger partial charge in [0.15, 0.2) is 0 Å². The van der Waals surface area contributed by atoms with Crippen molar-refractivity contribution < 1.29 is 19.7 Å². The number of rotatable bonds is 6. The molecule has 0 saturated heterocycles. The summed E-state index contributed by atoms with van der Waals surface area (Å²) < 4.78 is 7.48. The summed E-state index contributed by atoms with van der Waals surface area (Å²) in [6.07, 6.45) is -0.965. The molecule has 6 nitrogen and oxygen atoms in total. The van der Waals surface area contributed by atoms with Crippen LogP contribution in [0.25, 0.3) is 22.0 Å². The number of amides is 1. The van der Waals surface area contributed by atoms with E-state index in [1.807, 2.05) is 60.3 Å². The standard InChI is InChI=1S/C27H26N2O4/c1-29-13-12-17-14-18(10-11-24(17)29)26(31)25(30)15-28-27(32)33-16-23-21-8-4-2-6-19(21)20-7-3-5-9-22(20)23/h2-14,23,25-26,30-31H,15-16H2,1H3,(H,28,32). The minimum atomic E-state index is -1.16. The van der Waals surface area contributed by atoms with Crippen molar-refractivity contribution in [1.29, 1.82) is 0 Å². The zero-order chi connectivity index (χ0) is 22.9. The maximum absolute atomic E-state index is 12.3. The summed E-state index contributed by atoms with van der Waals surface area (Å²) in [5.41, 5.74) is 6.23. The highest BCUT2D eigenvalue weighted by molar-refractivity contribution is 5.81. The first-order valence-electron chi connectivity index (χ1n) is 11.0. The van der Waals surface area contributed by atoms with E-state index >= 15 is 0 Å². The molecular formula is C27H26N2O4. The number of alkyl carbamates (subject to hydrolysis) is 1. The molecular weight excluding hydrogens is 416 g/mol. The van der Waals surface area contributed by atoms with Gasteiger partial charge in [0.05, 0.1) is 0 Å². The number of carbonyl (C=O) groups is 1. The lowest BCUT2D eigenvalue weighted by Gasteiger charge is -2.19. The van der Waals surface area contributed by atoms with E-state index < -0.39 is 18.3 Å². The third-order valence-corrected chi connectivity index (χ3v) is 6.41. The molecule has 0 fully saturated rings. The predicted molar refractivity (Wildman–Crippen MR) is 127 cm³/mol. The van der Waals surface area contributed by atoms with Gasteiger partial charge in [0, 0.05) is 31.2 Å². The molecule has 5 rings (SSSR count). The Kier molecular flexibility index (Phi) is 5.62. The van der Waals surface area contributed by atoms with E-state index in [0.29, 0.717) is 5.56 Å². The molecule has 2 unspecified atom stereocenters. The number of hydrogen-bond donors (Lipinski definition) is 3. The lowest BCUT2D eigenvalue weighted by molar-refractivity contribution is 0.0186. The Hall–Kier alpha value is -3.61. The summed E-state index contributed by atoms with van der Waals surface area (Å²) in [5, 5.41) is 24.5. The van der Waals surface area contributed by atoms with Crippen molar-refractivity contribution >= 4 is 17.0 Å². The third-order valence-electron chi connectivity index (χ3n) is 6.41. The van der Waals surface area contributed by atoms with Crippen LogP contribution in [-0.2, 0) is 11.8 Å². The summed E-state index contributed by atoms with van der Waals surface area (Å²) in [6, 6.07) is 23.8. The molecule has 168 valence electrons. The second-order valence-electron chi connectivity index (χ2n) is 8.46. The summed E-state index contributed by atoms with van der Waals surface area (Å²) in [7, 11) is 1.95. The number of aliphatic hydroxyl groups is 2. The number of carbonyl (C=O) groups excluding carboxylic acids is 1. The van der Waals surface area contributed by atoms with E-state index in [2.05, 4.69) is 29.6 Å². The van der Waals surface area contributed by atoms with Crippen molar-refractivity contribution in [3.8, 4) is 11.1 Å². The largest absolute Gasteiger partial charge is 0.449 e. The highest BCUT2D eigenvalue weighted by Gasteiger charge is 2.29. The van der Waals surface area contributed by atoms with Crippen LogP contribution < -0.4 is 5.32 Å². The van der Waals surface area contributed by atoms with Gasteiger partial charge in [-0.3, -0.25) is 0 Å². The van der Waals surface area contributed by atoms with E-state index in [9.17, 15) is 15.0 Å². The Bertz CT molecular complexity index is 1270. The minimum Gasteiger partial charge on any atom is -0.449 e. The molecule has 1 heterocycles. The lowest BCUT2D eigenvalue weighted by atomic mass is 9.98. The smallest absolute Gasteiger partial charge is 0.407 e. The Morgan fingerprint density at radius 1 is 1.00 bits per heavy atom. The average molecular weight is 443 g/mol. The first kappa shape index (κ1) is 21.2. The molecule has 0 bridgehead atoms. The van der Waals surface area contributed by atoms with Crippen molar-refractivity contribution in [2.75, 3.05) is 13.2 Å². The zero-order valence-corrected chi connectivity index (χ0v) is 18.3. The van der Waals surface area contributed by atoms with Gasteiger partial charge in [-0.05, 0) is 51.4 Å². The summed E-state index contributed by atoms with van der Waals surface area (Å²) >= 11 is 0. The Labute approximate surface area is 192 Å². The van der Waals surface area contributed by atoms with Crippen molar-refractivity contribution in [3.05, 3.63) is 95.7 Å². The molecule has 3 aromatic carbocycles. The second kappa shape index (κ2) is 8.73. The van der Waals surface area contributed by atoms with Crippen molar-refractivity contribution in [2.24, 2.45) is 7.05 Å². The van der Waals surface area contributed by atoms with Crippen LogP contribution >= 0.6 is 0 Å². The quantitative estimate of drug-likeness (QED) is 0.420. The number of benzene rings is 3. The van der Waals surface area contributed by atoms with E-state index in [4.69, 9.17) is 4.74 Å². The third kappa shape index (κ3) is 3.99. The van der Waals surface area contributed by atoms with Crippen molar-refractivity contribution in [2.45, 2.75) is 18.1 Å². The molecule has 1 aliphatic rings. The lowest BCUT2D eigenvalue weighted by Crippen LogP contribution is -2.36. The van der Waals surface area contributed by atoms with E-state index in [-0.39, 0.29) is 19.1 Å². The van der Waals surface area contributed by atoms with Crippen LogP contribution in [0.5, 0.6) is 0 Å². The van der Waals surface area contributed by atoms with E-state index in [0.717, 1.165) is 33.2 Å². The van der Waals surface area contributed by atoms with Crippen LogP contribution in [0, 0.1) is 0 Å². The van der Waals surface area contributed by atoms with Crippen LogP contribution in [0.15, 0.2) is 79.0 Å². The molecule has 2 atom stereocenters. The molecule has 33 heavy (non-hydrogen) atoms. The predicted octanol–water partition coefficient (Wildman–Crippen LogP) is 4.11. The van der Waals surface area contributed by atoms with Crippen LogP contribution in [-0.4, -0.2) is 40.1 Å². The monoisotopic (exact) mass is 442 g/mol. The Balaban J connectivity index is 1.18. The second-order valence-corrected chi connectivity index (χ2v) is 8.46. The Morgan fingerprint density at radius 2 is 1.67 bits per heavy atom. The molecule has 6 heteroatoms. The van der Waals surface area contributed by atoms with Crippen molar-refractivity contribution in [3.63, 3.8) is 0 Å². The van der Waals surface area contributed by atoms with Crippen LogP contribution in [0.2, 0.25) is 0 Å². The van der Waals surface area contributed by atoms with E-state index in [1.165, 1.54) is 0 Å². The van der Waals surface area contributed by atoms with Gasteiger partial charge in [-0.2, -0.15) is 0 Å². The van der Waals surface area contributed by atoms with Gasteiger partial charge in [0.25, 0.3) is 0 Å². The number of ether oxygens (including phenoxy) is 1. The summed E-state index contributed by atoms with van der Waals surface area (Å²) in [4.78, 5) is 12.3. The van der Waals surface area contributed by atoms with Crippen LogP contribution in [0.3, 0.4) is 0 Å². The normalized spacial score (nSPS) is 14.5. The molecule has 0 aliphatic heterocycles. The van der Waals surface area contributed by atoms with Crippen LogP contribution in [0.4, 0.5) is 4.79 Å². The van der Waals surface area contributed by atoms with E-state index in [1.54, 1.807) is 6.07 Å². The number of fused-ring (bicyclic) bond motifs is 4. The van der Waals surface area contributed by atoms with Gasteiger partial charge in [0.1, 0.15) is 18.8 Å². The number of hydrogen-bond acceptors (Lipinski definition) is 4. The maximum Gasteiger partial charge on any atom is 0.407 e. The fourth-order valence-electron chi connectivity index (χ4n) is 4.66. The SMILES string of the molecule is Cn1ccc2cc(C(O)C(O)CNC(=O)OCC3c4ccccc4-c4ccccc43)ccc21. The van der Waals surface area contributed by atoms with Gasteiger partial charge in [-0.25, -0.2) is 4.79 Å². The van der Waals surface area contributed by atoms with Gasteiger partial charge < -0.3 is 24.8 Å². The molecule has 3 N–H and O–H groups in total. The number of nitrogens with one attached hydrogen (secondary N) is 1. The first-order valence-corrected chi connectivity index (χ1v) is 11.0. The summed E-state index contributed by atoms with van der Waals surface area (Å²) in [6.45, 7) is 0.0772. The first-order chi connectivity index (χ1) is 16.0. The summed E-state index contributed by atoms with van der Waals surface area (Å²) in [5.74, 6) is -0.0312. The highest BCUT2D eigenvalue weighted by atomic mass is 16.5. The highest BCUT2D eigenvalue weighted by Crippen LogP contribution is 2.44. The molecule has 0 spiro atoms. The van der Waals surface area contributed by atoms with Crippen molar-refractivity contribution in [1.82, 2.24) is 9.88 Å². The molecule has 1 amide bonds. The molecule has 0 radical (unpaired) electrons. The number of aryl methyl sites for hydroxylation is 1. The fraction of sp³-hybridized carbons (Fsp3) is 0.222. The van der Waals surface area contributed by atoms with Gasteiger partial charge in [0.2, 0.25) is 0 Å². The van der Waals surface area contributed by atoms with Gasteiger partial charge >= 0.3 is 6.09 Å². The Morgan fingerprint density at radius 3 is 2.36 bits per heavy atom. The van der Waals surface area contributed by atoms with Gasteiger partial charge in [-0.1, -0.05) is 54.6 Å². The molecule has 1 aliphatic carbocycles. The molecule has 0 saturated carbocycles. The topological polar surface area (TPSA) is 83.7 Å². The zero-order valence-electron chi connectivity index (χ0n) is 18.3. The molecule has 1 aromatic heterocycles.